The van der Waals surface area contributed by atoms with Gasteiger partial charge in [0.15, 0.2) is 0 Å². The Morgan fingerprint density at radius 2 is 2.10 bits per heavy atom. The number of nitrogens with zero attached hydrogens (tertiary/aromatic N) is 1. The molecule has 1 N–H and O–H groups in total. The van der Waals surface area contributed by atoms with Crippen LogP contribution in [0.25, 0.3) is 0 Å². The molecule has 2 aliphatic rings. The van der Waals surface area contributed by atoms with Gasteiger partial charge >= 0.3 is 0 Å². The average Bonchev–Trinajstić information content (AvgIpc) is 3.24. The van der Waals surface area contributed by atoms with Crippen LogP contribution >= 0.6 is 15.9 Å². The fraction of sp³-hybridized carbons (Fsp3) is 0.294. The Kier molecular flexibility index (Phi) is 3.07. The monoisotopic (exact) mass is 342 g/mol. The summed E-state index contributed by atoms with van der Waals surface area (Å²) in [6.45, 7) is 0. The van der Waals surface area contributed by atoms with Crippen LogP contribution in [0.5, 0.6) is 0 Å². The molecule has 1 saturated carbocycles. The molecule has 0 spiro atoms. The van der Waals surface area contributed by atoms with Crippen molar-refractivity contribution in [2.45, 2.75) is 18.8 Å². The Morgan fingerprint density at radius 3 is 2.95 bits per heavy atom. The van der Waals surface area contributed by atoms with E-state index < -0.39 is 0 Å². The van der Waals surface area contributed by atoms with Crippen molar-refractivity contribution in [1.82, 2.24) is 4.98 Å². The van der Waals surface area contributed by atoms with Gasteiger partial charge in [0.1, 0.15) is 5.82 Å². The molecule has 2 aliphatic carbocycles. The summed E-state index contributed by atoms with van der Waals surface area (Å²) in [5.41, 5.74) is 2.78. The fourth-order valence-electron chi connectivity index (χ4n) is 3.60. The van der Waals surface area contributed by atoms with E-state index in [1.165, 1.54) is 11.1 Å². The van der Waals surface area contributed by atoms with Crippen LogP contribution in [0, 0.1) is 11.8 Å². The number of anilines is 1. The van der Waals surface area contributed by atoms with Crippen molar-refractivity contribution >= 4 is 27.7 Å². The van der Waals surface area contributed by atoms with Crippen molar-refractivity contribution in [3.63, 3.8) is 0 Å². The standard InChI is InChI=1S/C17H15BrN2O/c18-13-6-3-9-19-16(13)20-17(21)15-12-8-7-10-4-1-2-5-11(10)14(12)15/h1-6,9,12,14-15H,7-8H2,(H,19,20,21). The first-order valence-electron chi connectivity index (χ1n) is 7.25. The maximum atomic E-state index is 12.5. The number of amides is 1. The molecule has 0 bridgehead atoms. The highest BCUT2D eigenvalue weighted by atomic mass is 79.9. The van der Waals surface area contributed by atoms with Crippen LogP contribution in [0.1, 0.15) is 23.5 Å². The van der Waals surface area contributed by atoms with E-state index in [0.29, 0.717) is 17.7 Å². The van der Waals surface area contributed by atoms with Crippen LogP contribution in [0.2, 0.25) is 0 Å². The predicted octanol–water partition coefficient (Wildman–Crippen LogP) is 3.76. The second-order valence-corrected chi connectivity index (χ2v) is 6.63. The minimum atomic E-state index is 0.0982. The van der Waals surface area contributed by atoms with E-state index in [9.17, 15) is 4.79 Å². The zero-order chi connectivity index (χ0) is 14.4. The third-order valence-corrected chi connectivity index (χ3v) is 5.27. The second-order valence-electron chi connectivity index (χ2n) is 5.78. The average molecular weight is 343 g/mol. The SMILES string of the molecule is O=C(Nc1ncccc1Br)C1C2CCc3ccccc3C21. The van der Waals surface area contributed by atoms with E-state index in [1.54, 1.807) is 6.20 Å². The molecule has 3 atom stereocenters. The predicted molar refractivity (Wildman–Crippen MR) is 85.1 cm³/mol. The number of nitrogens with one attached hydrogen (secondary N) is 1. The zero-order valence-corrected chi connectivity index (χ0v) is 13.0. The Hall–Kier alpha value is -1.68. The van der Waals surface area contributed by atoms with Crippen LogP contribution in [0.15, 0.2) is 47.1 Å². The Bertz CT molecular complexity index is 715. The molecule has 4 heteroatoms. The molecule has 3 nitrogen and oxygen atoms in total. The van der Waals surface area contributed by atoms with Gasteiger partial charge in [-0.2, -0.15) is 0 Å². The number of benzene rings is 1. The van der Waals surface area contributed by atoms with Crippen molar-refractivity contribution < 1.29 is 4.79 Å². The Morgan fingerprint density at radius 1 is 1.24 bits per heavy atom. The topological polar surface area (TPSA) is 42.0 Å². The van der Waals surface area contributed by atoms with Gasteiger partial charge in [-0.05, 0) is 63.9 Å². The molecule has 0 aliphatic heterocycles. The highest BCUT2D eigenvalue weighted by molar-refractivity contribution is 9.10. The van der Waals surface area contributed by atoms with Gasteiger partial charge in [0, 0.05) is 12.1 Å². The lowest BCUT2D eigenvalue weighted by molar-refractivity contribution is -0.117. The molecule has 106 valence electrons. The van der Waals surface area contributed by atoms with E-state index in [4.69, 9.17) is 0 Å². The molecule has 21 heavy (non-hydrogen) atoms. The first kappa shape index (κ1) is 13.0. The molecule has 4 rings (SSSR count). The van der Waals surface area contributed by atoms with E-state index in [1.807, 2.05) is 12.1 Å². The van der Waals surface area contributed by atoms with Crippen LogP contribution in [0.4, 0.5) is 5.82 Å². The molecule has 0 radical (unpaired) electrons. The van der Waals surface area contributed by atoms with Crippen molar-refractivity contribution in [3.8, 4) is 0 Å². The Balaban J connectivity index is 1.55. The molecule has 1 aromatic carbocycles. The molecule has 1 heterocycles. The third kappa shape index (κ3) is 2.18. The van der Waals surface area contributed by atoms with Gasteiger partial charge in [-0.15, -0.1) is 0 Å². The first-order valence-corrected chi connectivity index (χ1v) is 8.04. The second kappa shape index (κ2) is 4.95. The number of aromatic nitrogens is 1. The zero-order valence-electron chi connectivity index (χ0n) is 11.4. The lowest BCUT2D eigenvalue weighted by Gasteiger charge is -2.13. The number of aryl methyl sites for hydroxylation is 1. The van der Waals surface area contributed by atoms with Gasteiger partial charge < -0.3 is 5.32 Å². The van der Waals surface area contributed by atoms with Gasteiger partial charge in [0.25, 0.3) is 0 Å². The number of rotatable bonds is 2. The van der Waals surface area contributed by atoms with Gasteiger partial charge in [0.2, 0.25) is 5.91 Å². The Labute approximate surface area is 131 Å². The molecule has 1 fully saturated rings. The number of hydrogen-bond acceptors (Lipinski definition) is 2. The maximum absolute atomic E-state index is 12.5. The normalized spacial score (nSPS) is 25.7. The van der Waals surface area contributed by atoms with E-state index in [-0.39, 0.29) is 11.8 Å². The summed E-state index contributed by atoms with van der Waals surface area (Å²) >= 11 is 3.42. The fourth-order valence-corrected chi connectivity index (χ4v) is 3.96. The van der Waals surface area contributed by atoms with Crippen LogP contribution in [-0.4, -0.2) is 10.9 Å². The molecule has 3 unspecified atom stereocenters. The van der Waals surface area contributed by atoms with Crippen molar-refractivity contribution in [1.29, 1.82) is 0 Å². The molecule has 1 amide bonds. The summed E-state index contributed by atoms with van der Waals surface area (Å²) in [6.07, 6.45) is 3.90. The molecule has 2 aromatic rings. The summed E-state index contributed by atoms with van der Waals surface area (Å²) in [6, 6.07) is 12.3. The smallest absolute Gasteiger partial charge is 0.229 e. The minimum absolute atomic E-state index is 0.0982. The number of halogens is 1. The third-order valence-electron chi connectivity index (χ3n) is 4.63. The molecule has 0 saturated heterocycles. The first-order chi connectivity index (χ1) is 10.3. The van der Waals surface area contributed by atoms with E-state index in [0.717, 1.165) is 17.3 Å². The molecular weight excluding hydrogens is 328 g/mol. The number of hydrogen-bond donors (Lipinski definition) is 1. The summed E-state index contributed by atoms with van der Waals surface area (Å²) in [7, 11) is 0. The van der Waals surface area contributed by atoms with Crippen molar-refractivity contribution in [3.05, 3.63) is 58.2 Å². The van der Waals surface area contributed by atoms with E-state index >= 15 is 0 Å². The van der Waals surface area contributed by atoms with Gasteiger partial charge in [-0.25, -0.2) is 4.98 Å². The number of fused-ring (bicyclic) bond motifs is 3. The highest BCUT2D eigenvalue weighted by Gasteiger charge is 2.57. The summed E-state index contributed by atoms with van der Waals surface area (Å²) in [4.78, 5) is 16.7. The quantitative estimate of drug-likeness (QED) is 0.902. The van der Waals surface area contributed by atoms with Gasteiger partial charge in [-0.1, -0.05) is 24.3 Å². The van der Waals surface area contributed by atoms with Gasteiger partial charge in [-0.3, -0.25) is 4.79 Å². The van der Waals surface area contributed by atoms with Crippen LogP contribution in [0.3, 0.4) is 0 Å². The lowest BCUT2D eigenvalue weighted by Crippen LogP contribution is -2.16. The number of carbonyl (C=O) groups excluding carboxylic acids is 1. The summed E-state index contributed by atoms with van der Waals surface area (Å²) in [5, 5.41) is 2.96. The lowest BCUT2D eigenvalue weighted by atomic mass is 9.92. The van der Waals surface area contributed by atoms with Gasteiger partial charge in [0.05, 0.1) is 4.47 Å². The van der Waals surface area contributed by atoms with E-state index in [2.05, 4.69) is 50.5 Å². The largest absolute Gasteiger partial charge is 0.309 e. The molecule has 1 aromatic heterocycles. The summed E-state index contributed by atoms with van der Waals surface area (Å²) in [5.74, 6) is 1.71. The van der Waals surface area contributed by atoms with Crippen LogP contribution in [-0.2, 0) is 11.2 Å². The number of carbonyl (C=O) groups is 1. The number of pyridine rings is 1. The minimum Gasteiger partial charge on any atom is -0.309 e. The highest BCUT2D eigenvalue weighted by Crippen LogP contribution is 2.60. The maximum Gasteiger partial charge on any atom is 0.229 e. The van der Waals surface area contributed by atoms with Crippen molar-refractivity contribution in [2.24, 2.45) is 11.8 Å². The molecular formula is C17H15BrN2O. The summed E-state index contributed by atoms with van der Waals surface area (Å²) < 4.78 is 0.822. The van der Waals surface area contributed by atoms with Crippen molar-refractivity contribution in [2.75, 3.05) is 5.32 Å². The van der Waals surface area contributed by atoms with Crippen LogP contribution < -0.4 is 5.32 Å².